The van der Waals surface area contributed by atoms with Crippen LogP contribution in [0.2, 0.25) is 0 Å². The Kier molecular flexibility index (Phi) is 3.66. The van der Waals surface area contributed by atoms with Crippen molar-refractivity contribution in [3.63, 3.8) is 0 Å². The Balaban J connectivity index is 1.84. The van der Waals surface area contributed by atoms with Gasteiger partial charge in [-0.15, -0.1) is 10.2 Å². The molecule has 1 atom stereocenters. The molecule has 2 aromatic heterocycles. The van der Waals surface area contributed by atoms with Crippen molar-refractivity contribution >= 4 is 17.5 Å². The largest absolute Gasteiger partial charge is 0.337 e. The van der Waals surface area contributed by atoms with Gasteiger partial charge in [0.1, 0.15) is 4.88 Å². The number of anilines is 1. The van der Waals surface area contributed by atoms with Crippen LogP contribution in [0.1, 0.15) is 32.4 Å². The first kappa shape index (κ1) is 13.4. The minimum absolute atomic E-state index is 0.330. The number of nitrogens with zero attached hydrogens (tertiary/aromatic N) is 5. The van der Waals surface area contributed by atoms with E-state index in [0.29, 0.717) is 12.0 Å². The molecule has 2 aromatic rings. The van der Waals surface area contributed by atoms with E-state index in [1.807, 2.05) is 0 Å². The van der Waals surface area contributed by atoms with Crippen LogP contribution in [0, 0.1) is 0 Å². The number of H-pyrrole nitrogens is 1. The molecule has 0 unspecified atom stereocenters. The average Bonchev–Trinajstić information content (AvgIpc) is 3.07. The lowest BCUT2D eigenvalue weighted by atomic mass is 10.1. The second-order valence-corrected chi connectivity index (χ2v) is 6.18. The lowest BCUT2D eigenvalue weighted by Crippen LogP contribution is -2.49. The number of hydrogen-bond donors (Lipinski definition) is 2. The van der Waals surface area contributed by atoms with Gasteiger partial charge in [0.15, 0.2) is 5.82 Å². The molecular formula is C12H19N7S. The molecule has 0 amide bonds. The van der Waals surface area contributed by atoms with Crippen LogP contribution >= 0.6 is 11.5 Å². The number of aromatic nitrogens is 5. The maximum Gasteiger partial charge on any atom is 0.245 e. The fourth-order valence-corrected chi connectivity index (χ4v) is 3.11. The fourth-order valence-electron chi connectivity index (χ4n) is 2.35. The van der Waals surface area contributed by atoms with Crippen molar-refractivity contribution in [1.29, 1.82) is 0 Å². The third kappa shape index (κ3) is 2.53. The second-order valence-electron chi connectivity index (χ2n) is 5.43. The first-order valence-corrected chi connectivity index (χ1v) is 7.66. The van der Waals surface area contributed by atoms with Crippen LogP contribution < -0.4 is 10.2 Å². The summed E-state index contributed by atoms with van der Waals surface area (Å²) in [6.07, 6.45) is 0. The molecule has 0 aliphatic carbocycles. The van der Waals surface area contributed by atoms with Crippen molar-refractivity contribution in [3.8, 4) is 10.7 Å². The zero-order valence-corrected chi connectivity index (χ0v) is 12.7. The van der Waals surface area contributed by atoms with E-state index in [2.05, 4.69) is 55.8 Å². The van der Waals surface area contributed by atoms with Crippen molar-refractivity contribution in [1.82, 2.24) is 30.1 Å². The SMILES string of the molecule is CC(C)c1nnsc1-c1nc(N2CCN[C@@H](C)C2)n[nH]1. The van der Waals surface area contributed by atoms with E-state index in [4.69, 9.17) is 0 Å². The van der Waals surface area contributed by atoms with Crippen LogP contribution in [0.15, 0.2) is 0 Å². The van der Waals surface area contributed by atoms with Gasteiger partial charge < -0.3 is 10.2 Å². The van der Waals surface area contributed by atoms with Gasteiger partial charge in [0, 0.05) is 25.7 Å². The summed E-state index contributed by atoms with van der Waals surface area (Å²) in [6.45, 7) is 9.20. The molecule has 7 nitrogen and oxygen atoms in total. The molecule has 0 bridgehead atoms. The van der Waals surface area contributed by atoms with Gasteiger partial charge >= 0.3 is 0 Å². The topological polar surface area (TPSA) is 82.6 Å². The zero-order valence-electron chi connectivity index (χ0n) is 11.9. The van der Waals surface area contributed by atoms with Crippen molar-refractivity contribution in [2.45, 2.75) is 32.7 Å². The summed E-state index contributed by atoms with van der Waals surface area (Å²) in [4.78, 5) is 7.80. The Labute approximate surface area is 122 Å². The van der Waals surface area contributed by atoms with Crippen LogP contribution in [0.5, 0.6) is 0 Å². The smallest absolute Gasteiger partial charge is 0.245 e. The maximum absolute atomic E-state index is 4.62. The summed E-state index contributed by atoms with van der Waals surface area (Å²) in [7, 11) is 0. The molecule has 2 N–H and O–H groups in total. The third-order valence-corrected chi connectivity index (χ3v) is 4.15. The number of rotatable bonds is 3. The number of aromatic amines is 1. The van der Waals surface area contributed by atoms with Crippen LogP contribution in [0.4, 0.5) is 5.95 Å². The Morgan fingerprint density at radius 1 is 1.40 bits per heavy atom. The Bertz CT molecular complexity index is 576. The van der Waals surface area contributed by atoms with Gasteiger partial charge in [-0.25, -0.2) is 0 Å². The molecular weight excluding hydrogens is 274 g/mol. The first-order valence-electron chi connectivity index (χ1n) is 6.88. The van der Waals surface area contributed by atoms with Gasteiger partial charge in [0.25, 0.3) is 0 Å². The molecule has 1 aliphatic heterocycles. The highest BCUT2D eigenvalue weighted by Crippen LogP contribution is 2.29. The lowest BCUT2D eigenvalue weighted by Gasteiger charge is -2.30. The summed E-state index contributed by atoms with van der Waals surface area (Å²) >= 11 is 1.37. The van der Waals surface area contributed by atoms with Crippen molar-refractivity contribution in [3.05, 3.63) is 5.69 Å². The second kappa shape index (κ2) is 5.45. The molecule has 108 valence electrons. The summed E-state index contributed by atoms with van der Waals surface area (Å²) < 4.78 is 4.03. The maximum atomic E-state index is 4.62. The normalized spacial score (nSPS) is 19.8. The monoisotopic (exact) mass is 293 g/mol. The molecule has 8 heteroatoms. The molecule has 0 saturated carbocycles. The summed E-state index contributed by atoms with van der Waals surface area (Å²) in [5, 5.41) is 15.0. The molecule has 0 aromatic carbocycles. The number of nitrogens with one attached hydrogen (secondary N) is 2. The standard InChI is InChI=1S/C12H19N7S/c1-7(2)9-10(20-18-15-9)11-14-12(17-16-11)19-5-4-13-8(3)6-19/h7-8,13H,4-6H2,1-3H3,(H,14,16,17)/t8-/m0/s1. The van der Waals surface area contributed by atoms with E-state index in [1.165, 1.54) is 11.5 Å². The van der Waals surface area contributed by atoms with Gasteiger partial charge in [-0.05, 0) is 24.4 Å². The van der Waals surface area contributed by atoms with Crippen molar-refractivity contribution < 1.29 is 0 Å². The van der Waals surface area contributed by atoms with Crippen LogP contribution in [-0.2, 0) is 0 Å². The van der Waals surface area contributed by atoms with Gasteiger partial charge in [-0.3, -0.25) is 5.10 Å². The van der Waals surface area contributed by atoms with Crippen LogP contribution in [-0.4, -0.2) is 50.4 Å². The lowest BCUT2D eigenvalue weighted by molar-refractivity contribution is 0.480. The number of hydrogen-bond acceptors (Lipinski definition) is 7. The highest BCUT2D eigenvalue weighted by molar-refractivity contribution is 7.09. The van der Waals surface area contributed by atoms with Gasteiger partial charge in [0.2, 0.25) is 5.95 Å². The Hall–Kier alpha value is -1.54. The zero-order chi connectivity index (χ0) is 14.1. The van der Waals surface area contributed by atoms with E-state index >= 15 is 0 Å². The van der Waals surface area contributed by atoms with E-state index in [1.54, 1.807) is 0 Å². The Morgan fingerprint density at radius 2 is 2.25 bits per heavy atom. The summed E-state index contributed by atoms with van der Waals surface area (Å²) in [6, 6.07) is 0.460. The molecule has 1 aliphatic rings. The van der Waals surface area contributed by atoms with E-state index in [0.717, 1.165) is 42.0 Å². The Morgan fingerprint density at radius 3 is 3.00 bits per heavy atom. The summed E-state index contributed by atoms with van der Waals surface area (Å²) in [5.74, 6) is 1.86. The predicted octanol–water partition coefficient (Wildman–Crippen LogP) is 1.24. The predicted molar refractivity (Wildman–Crippen MR) is 79.1 cm³/mol. The minimum Gasteiger partial charge on any atom is -0.337 e. The molecule has 1 saturated heterocycles. The molecule has 3 heterocycles. The van der Waals surface area contributed by atoms with Crippen molar-refractivity contribution in [2.75, 3.05) is 24.5 Å². The molecule has 1 fully saturated rings. The minimum atomic E-state index is 0.330. The highest BCUT2D eigenvalue weighted by Gasteiger charge is 2.22. The summed E-state index contributed by atoms with van der Waals surface area (Å²) in [5.41, 5.74) is 0.978. The van der Waals surface area contributed by atoms with Gasteiger partial charge in [-0.1, -0.05) is 18.3 Å². The first-order chi connectivity index (χ1) is 9.65. The molecule has 0 radical (unpaired) electrons. The quantitative estimate of drug-likeness (QED) is 0.886. The van der Waals surface area contributed by atoms with Gasteiger partial charge in [-0.2, -0.15) is 4.98 Å². The molecule has 20 heavy (non-hydrogen) atoms. The highest BCUT2D eigenvalue weighted by atomic mass is 32.1. The third-order valence-electron chi connectivity index (χ3n) is 3.40. The van der Waals surface area contributed by atoms with E-state index < -0.39 is 0 Å². The number of piperazine rings is 1. The van der Waals surface area contributed by atoms with E-state index in [-0.39, 0.29) is 0 Å². The van der Waals surface area contributed by atoms with Crippen LogP contribution in [0.25, 0.3) is 10.7 Å². The van der Waals surface area contributed by atoms with Gasteiger partial charge in [0.05, 0.1) is 5.69 Å². The fraction of sp³-hybridized carbons (Fsp3) is 0.667. The van der Waals surface area contributed by atoms with Crippen molar-refractivity contribution in [2.24, 2.45) is 0 Å². The van der Waals surface area contributed by atoms with Crippen LogP contribution in [0.3, 0.4) is 0 Å². The van der Waals surface area contributed by atoms with E-state index in [9.17, 15) is 0 Å². The molecule has 0 spiro atoms. The molecule has 3 rings (SSSR count). The average molecular weight is 293 g/mol.